The van der Waals surface area contributed by atoms with Gasteiger partial charge in [0.05, 0.1) is 0 Å². The van der Waals surface area contributed by atoms with Gasteiger partial charge in [0.2, 0.25) is 0 Å². The SMILES string of the molecule is CC(C)CC1(CNCC2CCCC(N)C2)CCCC1. The molecule has 0 heterocycles. The Morgan fingerprint density at radius 2 is 1.89 bits per heavy atom. The Kier molecular flexibility index (Phi) is 5.70. The largest absolute Gasteiger partial charge is 0.328 e. The van der Waals surface area contributed by atoms with E-state index in [-0.39, 0.29) is 0 Å². The molecule has 2 fully saturated rings. The third-order valence-corrected chi connectivity index (χ3v) is 5.26. The summed E-state index contributed by atoms with van der Waals surface area (Å²) in [7, 11) is 0. The van der Waals surface area contributed by atoms with Crippen LogP contribution in [0.1, 0.15) is 71.6 Å². The van der Waals surface area contributed by atoms with Gasteiger partial charge in [0.25, 0.3) is 0 Å². The summed E-state index contributed by atoms with van der Waals surface area (Å²) in [4.78, 5) is 0. The van der Waals surface area contributed by atoms with Crippen LogP contribution in [0, 0.1) is 17.3 Å². The van der Waals surface area contributed by atoms with Crippen LogP contribution in [0.5, 0.6) is 0 Å². The second-order valence-corrected chi connectivity index (χ2v) is 7.73. The first-order chi connectivity index (χ1) is 9.10. The highest BCUT2D eigenvalue weighted by molar-refractivity contribution is 4.88. The van der Waals surface area contributed by atoms with Gasteiger partial charge in [-0.25, -0.2) is 0 Å². The monoisotopic (exact) mass is 266 g/mol. The maximum absolute atomic E-state index is 6.08. The van der Waals surface area contributed by atoms with E-state index >= 15 is 0 Å². The van der Waals surface area contributed by atoms with Crippen LogP contribution in [-0.4, -0.2) is 19.1 Å². The Balaban J connectivity index is 1.73. The minimum absolute atomic E-state index is 0.469. The average molecular weight is 266 g/mol. The Labute approximate surface area is 119 Å². The first-order valence-electron chi connectivity index (χ1n) is 8.56. The van der Waals surface area contributed by atoms with Crippen molar-refractivity contribution in [2.45, 2.75) is 77.7 Å². The minimum Gasteiger partial charge on any atom is -0.328 e. The molecule has 2 atom stereocenters. The normalized spacial score (nSPS) is 30.9. The van der Waals surface area contributed by atoms with Gasteiger partial charge >= 0.3 is 0 Å². The molecule has 2 aliphatic rings. The van der Waals surface area contributed by atoms with Crippen molar-refractivity contribution in [2.75, 3.05) is 13.1 Å². The molecule has 0 aliphatic heterocycles. The van der Waals surface area contributed by atoms with Crippen LogP contribution in [0.25, 0.3) is 0 Å². The van der Waals surface area contributed by atoms with E-state index in [1.807, 2.05) is 0 Å². The predicted octanol–water partition coefficient (Wildman–Crippen LogP) is 3.70. The summed E-state index contributed by atoms with van der Waals surface area (Å²) in [5.74, 6) is 1.67. The smallest absolute Gasteiger partial charge is 0.00419 e. The van der Waals surface area contributed by atoms with Crippen molar-refractivity contribution in [2.24, 2.45) is 23.0 Å². The first kappa shape index (κ1) is 15.3. The van der Waals surface area contributed by atoms with Crippen molar-refractivity contribution in [3.63, 3.8) is 0 Å². The van der Waals surface area contributed by atoms with Gasteiger partial charge in [-0.2, -0.15) is 0 Å². The van der Waals surface area contributed by atoms with Crippen LogP contribution in [0.15, 0.2) is 0 Å². The van der Waals surface area contributed by atoms with Gasteiger partial charge in [-0.05, 0) is 62.3 Å². The lowest BCUT2D eigenvalue weighted by molar-refractivity contribution is 0.212. The lowest BCUT2D eigenvalue weighted by atomic mass is 9.78. The van der Waals surface area contributed by atoms with E-state index < -0.39 is 0 Å². The Morgan fingerprint density at radius 3 is 2.53 bits per heavy atom. The lowest BCUT2D eigenvalue weighted by Gasteiger charge is -2.33. The van der Waals surface area contributed by atoms with Gasteiger partial charge < -0.3 is 11.1 Å². The molecule has 0 aromatic carbocycles. The molecule has 0 saturated heterocycles. The second-order valence-electron chi connectivity index (χ2n) is 7.73. The molecule has 0 bridgehead atoms. The topological polar surface area (TPSA) is 38.0 Å². The molecule has 0 aromatic rings. The summed E-state index contributed by atoms with van der Waals surface area (Å²) in [5, 5.41) is 3.81. The van der Waals surface area contributed by atoms with E-state index in [4.69, 9.17) is 5.73 Å². The average Bonchev–Trinajstić information content (AvgIpc) is 2.77. The zero-order chi connectivity index (χ0) is 13.7. The predicted molar refractivity (Wildman–Crippen MR) is 83.2 cm³/mol. The molecule has 2 heteroatoms. The summed E-state index contributed by atoms with van der Waals surface area (Å²) < 4.78 is 0. The molecule has 19 heavy (non-hydrogen) atoms. The van der Waals surface area contributed by atoms with Crippen molar-refractivity contribution < 1.29 is 0 Å². The maximum Gasteiger partial charge on any atom is 0.00419 e. The number of hydrogen-bond donors (Lipinski definition) is 2. The number of nitrogens with one attached hydrogen (secondary N) is 1. The molecule has 2 unspecified atom stereocenters. The highest BCUT2D eigenvalue weighted by Crippen LogP contribution is 2.42. The standard InChI is InChI=1S/C17H34N2/c1-14(2)11-17(8-3-4-9-17)13-19-12-15-6-5-7-16(18)10-15/h14-16,19H,3-13,18H2,1-2H3. The van der Waals surface area contributed by atoms with Crippen molar-refractivity contribution >= 4 is 0 Å². The third-order valence-electron chi connectivity index (χ3n) is 5.26. The Hall–Kier alpha value is -0.0800. The highest BCUT2D eigenvalue weighted by Gasteiger charge is 2.34. The van der Waals surface area contributed by atoms with E-state index in [1.165, 1.54) is 70.9 Å². The Bertz CT molecular complexity index is 256. The molecule has 0 amide bonds. The number of rotatable bonds is 6. The summed E-state index contributed by atoms with van der Waals surface area (Å²) in [5.41, 5.74) is 6.70. The fourth-order valence-electron chi connectivity index (χ4n) is 4.50. The molecule has 2 nitrogen and oxygen atoms in total. The molecular weight excluding hydrogens is 232 g/mol. The molecule has 3 N–H and O–H groups in total. The van der Waals surface area contributed by atoms with Gasteiger partial charge in [-0.15, -0.1) is 0 Å². The quantitative estimate of drug-likeness (QED) is 0.769. The zero-order valence-electron chi connectivity index (χ0n) is 13.1. The molecule has 2 saturated carbocycles. The maximum atomic E-state index is 6.08. The van der Waals surface area contributed by atoms with Crippen molar-refractivity contribution in [1.29, 1.82) is 0 Å². The van der Waals surface area contributed by atoms with E-state index in [9.17, 15) is 0 Å². The molecule has 0 aromatic heterocycles. The molecule has 0 radical (unpaired) electrons. The second kappa shape index (κ2) is 7.08. The van der Waals surface area contributed by atoms with Gasteiger partial charge in [0.15, 0.2) is 0 Å². The van der Waals surface area contributed by atoms with E-state index in [0.29, 0.717) is 11.5 Å². The summed E-state index contributed by atoms with van der Waals surface area (Å²) in [6, 6.07) is 0.469. The first-order valence-corrected chi connectivity index (χ1v) is 8.56. The molecule has 112 valence electrons. The van der Waals surface area contributed by atoms with Gasteiger partial charge in [-0.1, -0.05) is 33.1 Å². The molecular formula is C17H34N2. The fraction of sp³-hybridized carbons (Fsp3) is 1.00. The molecule has 0 spiro atoms. The van der Waals surface area contributed by atoms with Gasteiger partial charge in [0, 0.05) is 12.6 Å². The molecule has 2 aliphatic carbocycles. The van der Waals surface area contributed by atoms with Crippen LogP contribution in [-0.2, 0) is 0 Å². The lowest BCUT2D eigenvalue weighted by Crippen LogP contribution is -2.38. The van der Waals surface area contributed by atoms with Gasteiger partial charge in [0.1, 0.15) is 0 Å². The summed E-state index contributed by atoms with van der Waals surface area (Å²) >= 11 is 0. The van der Waals surface area contributed by atoms with Crippen LogP contribution in [0.2, 0.25) is 0 Å². The van der Waals surface area contributed by atoms with Crippen LogP contribution < -0.4 is 11.1 Å². The van der Waals surface area contributed by atoms with Crippen molar-refractivity contribution in [3.05, 3.63) is 0 Å². The summed E-state index contributed by atoms with van der Waals surface area (Å²) in [6.45, 7) is 7.20. The third kappa shape index (κ3) is 4.75. The van der Waals surface area contributed by atoms with Crippen molar-refractivity contribution in [1.82, 2.24) is 5.32 Å². The number of hydrogen-bond acceptors (Lipinski definition) is 2. The highest BCUT2D eigenvalue weighted by atomic mass is 14.9. The van der Waals surface area contributed by atoms with Crippen LogP contribution >= 0.6 is 0 Å². The van der Waals surface area contributed by atoms with E-state index in [1.54, 1.807) is 0 Å². The number of nitrogens with two attached hydrogens (primary N) is 1. The summed E-state index contributed by atoms with van der Waals surface area (Å²) in [6.07, 6.45) is 12.4. The van der Waals surface area contributed by atoms with Gasteiger partial charge in [-0.3, -0.25) is 0 Å². The van der Waals surface area contributed by atoms with Crippen LogP contribution in [0.4, 0.5) is 0 Å². The molecule has 2 rings (SSSR count). The fourth-order valence-corrected chi connectivity index (χ4v) is 4.50. The van der Waals surface area contributed by atoms with E-state index in [0.717, 1.165) is 11.8 Å². The zero-order valence-corrected chi connectivity index (χ0v) is 13.1. The van der Waals surface area contributed by atoms with E-state index in [2.05, 4.69) is 19.2 Å². The van der Waals surface area contributed by atoms with Crippen LogP contribution in [0.3, 0.4) is 0 Å². The Morgan fingerprint density at radius 1 is 1.16 bits per heavy atom. The van der Waals surface area contributed by atoms with Crippen molar-refractivity contribution in [3.8, 4) is 0 Å². The minimum atomic E-state index is 0.469.